The summed E-state index contributed by atoms with van der Waals surface area (Å²) in [6.07, 6.45) is 7.16. The van der Waals surface area contributed by atoms with Gasteiger partial charge in [-0.25, -0.2) is 9.97 Å². The molecule has 6 aromatic rings. The number of aromatic nitrogens is 7. The summed E-state index contributed by atoms with van der Waals surface area (Å²) in [7, 11) is 0. The van der Waals surface area contributed by atoms with Gasteiger partial charge in [0.1, 0.15) is 5.69 Å². The molecule has 6 aromatic heterocycles. The number of aromatic amines is 2. The highest BCUT2D eigenvalue weighted by Gasteiger charge is 2.18. The Morgan fingerprint density at radius 3 is 2.78 bits per heavy atom. The van der Waals surface area contributed by atoms with Crippen molar-refractivity contribution in [1.29, 1.82) is 0 Å². The number of thiophene rings is 1. The van der Waals surface area contributed by atoms with Gasteiger partial charge in [-0.1, -0.05) is 33.4 Å². The number of pyridine rings is 3. The molecule has 9 heteroatoms. The number of hydrogen-bond acceptors (Lipinski definition) is 7. The predicted octanol–water partition coefficient (Wildman–Crippen LogP) is 6.66. The third-order valence-corrected chi connectivity index (χ3v) is 6.99. The lowest BCUT2D eigenvalue weighted by Crippen LogP contribution is -2.15. The molecule has 8 nitrogen and oxygen atoms in total. The van der Waals surface area contributed by atoms with Gasteiger partial charge in [-0.05, 0) is 29.6 Å². The fourth-order valence-corrected chi connectivity index (χ4v) is 4.68. The Morgan fingerprint density at radius 2 is 1.97 bits per heavy atom. The van der Waals surface area contributed by atoms with Crippen LogP contribution in [0.5, 0.6) is 0 Å². The maximum Gasteiger partial charge on any atom is 0.178 e. The smallest absolute Gasteiger partial charge is 0.178 e. The van der Waals surface area contributed by atoms with E-state index in [0.717, 1.165) is 49.5 Å². The summed E-state index contributed by atoms with van der Waals surface area (Å²) in [6, 6.07) is 10.2. The third-order valence-electron chi connectivity index (χ3n) is 6.08. The van der Waals surface area contributed by atoms with Crippen LogP contribution in [-0.4, -0.2) is 35.1 Å². The molecule has 6 heterocycles. The fraction of sp³-hybridized carbons (Fsp3) is 0.148. The minimum Gasteiger partial charge on any atom is -0.358 e. The van der Waals surface area contributed by atoms with Crippen LogP contribution in [0.2, 0.25) is 0 Å². The molecule has 3 N–H and O–H groups in total. The van der Waals surface area contributed by atoms with Crippen molar-refractivity contribution in [3.8, 4) is 33.2 Å². The lowest BCUT2D eigenvalue weighted by molar-refractivity contribution is 0.509. The van der Waals surface area contributed by atoms with E-state index >= 15 is 0 Å². The van der Waals surface area contributed by atoms with E-state index in [1.165, 1.54) is 0 Å². The van der Waals surface area contributed by atoms with Gasteiger partial charge in [0.2, 0.25) is 0 Å². The number of nitrogens with one attached hydrogen (secondary N) is 3. The first kappa shape index (κ1) is 22.1. The molecule has 178 valence electrons. The molecule has 6 rings (SSSR count). The van der Waals surface area contributed by atoms with Gasteiger partial charge < -0.3 is 10.3 Å². The van der Waals surface area contributed by atoms with Crippen LogP contribution in [0.1, 0.15) is 20.8 Å². The maximum absolute atomic E-state index is 4.75. The predicted molar refractivity (Wildman–Crippen MR) is 146 cm³/mol. The van der Waals surface area contributed by atoms with Gasteiger partial charge in [0.05, 0.1) is 34.8 Å². The minimum atomic E-state index is -0.0658. The highest BCUT2D eigenvalue weighted by atomic mass is 32.1. The van der Waals surface area contributed by atoms with E-state index in [4.69, 9.17) is 4.98 Å². The van der Waals surface area contributed by atoms with Crippen molar-refractivity contribution in [3.63, 3.8) is 0 Å². The zero-order valence-corrected chi connectivity index (χ0v) is 20.9. The fourth-order valence-electron chi connectivity index (χ4n) is 3.93. The molecular formula is C27H24N8S. The lowest BCUT2D eigenvalue weighted by Gasteiger charge is -2.23. The number of anilines is 1. The summed E-state index contributed by atoms with van der Waals surface area (Å²) >= 11 is 1.68. The monoisotopic (exact) mass is 492 g/mol. The van der Waals surface area contributed by atoms with E-state index in [1.807, 2.05) is 24.3 Å². The van der Waals surface area contributed by atoms with Crippen molar-refractivity contribution in [1.82, 2.24) is 35.1 Å². The van der Waals surface area contributed by atoms with Crippen LogP contribution < -0.4 is 5.32 Å². The minimum absolute atomic E-state index is 0.0658. The molecule has 0 amide bonds. The molecule has 0 fully saturated rings. The van der Waals surface area contributed by atoms with Gasteiger partial charge >= 0.3 is 0 Å². The number of hydrogen-bond donors (Lipinski definition) is 3. The average Bonchev–Trinajstić information content (AvgIpc) is 3.62. The van der Waals surface area contributed by atoms with Crippen LogP contribution in [0.25, 0.3) is 55.3 Å². The second-order valence-corrected chi connectivity index (χ2v) is 10.6. The van der Waals surface area contributed by atoms with E-state index in [-0.39, 0.29) is 5.41 Å². The van der Waals surface area contributed by atoms with Gasteiger partial charge in [0.15, 0.2) is 11.5 Å². The standard InChI is InChI=1S/C27H24N8S/c1-15(27(2,3)4)31-17-10-16(12-28-13-17)20-11-19-21(14-30-20)34-35-24(19)26-32-23-18(22-6-5-9-36-22)7-8-29-25(23)33-26/h5-14,31H,1H2,2-4H3,(H,34,35)(H,29,32,33). The van der Waals surface area contributed by atoms with Crippen molar-refractivity contribution in [2.45, 2.75) is 20.8 Å². The summed E-state index contributed by atoms with van der Waals surface area (Å²) < 4.78 is 0. The van der Waals surface area contributed by atoms with E-state index in [2.05, 4.69) is 74.2 Å². The summed E-state index contributed by atoms with van der Waals surface area (Å²) in [4.78, 5) is 22.9. The molecule has 0 saturated heterocycles. The van der Waals surface area contributed by atoms with Crippen LogP contribution in [0.15, 0.2) is 72.8 Å². The molecule has 0 aliphatic rings. The molecular weight excluding hydrogens is 468 g/mol. The summed E-state index contributed by atoms with van der Waals surface area (Å²) in [5.41, 5.74) is 7.56. The summed E-state index contributed by atoms with van der Waals surface area (Å²) in [5.74, 6) is 0.653. The molecule has 0 aliphatic carbocycles. The van der Waals surface area contributed by atoms with Crippen LogP contribution in [0, 0.1) is 5.41 Å². The van der Waals surface area contributed by atoms with E-state index in [1.54, 1.807) is 36.1 Å². The van der Waals surface area contributed by atoms with Crippen molar-refractivity contribution in [2.75, 3.05) is 5.32 Å². The molecule has 0 atom stereocenters. The molecule has 0 aliphatic heterocycles. The first-order chi connectivity index (χ1) is 17.4. The van der Waals surface area contributed by atoms with Crippen molar-refractivity contribution in [2.24, 2.45) is 5.41 Å². The van der Waals surface area contributed by atoms with Gasteiger partial charge in [0.25, 0.3) is 0 Å². The summed E-state index contributed by atoms with van der Waals surface area (Å²) in [5, 5.41) is 14.0. The van der Waals surface area contributed by atoms with Crippen molar-refractivity contribution >= 4 is 39.1 Å². The Kier molecular flexibility index (Phi) is 5.15. The highest BCUT2D eigenvalue weighted by Crippen LogP contribution is 2.33. The highest BCUT2D eigenvalue weighted by molar-refractivity contribution is 7.13. The van der Waals surface area contributed by atoms with Crippen LogP contribution >= 0.6 is 11.3 Å². The normalized spacial score (nSPS) is 11.9. The maximum atomic E-state index is 4.75. The zero-order valence-electron chi connectivity index (χ0n) is 20.1. The largest absolute Gasteiger partial charge is 0.358 e. The van der Waals surface area contributed by atoms with Gasteiger partial charge in [-0.2, -0.15) is 5.10 Å². The molecule has 0 unspecified atom stereocenters. The molecule has 0 bridgehead atoms. The Balaban J connectivity index is 1.40. The topological polar surface area (TPSA) is 108 Å². The molecule has 0 spiro atoms. The van der Waals surface area contributed by atoms with Gasteiger partial charge in [0, 0.05) is 44.9 Å². The molecule has 0 saturated carbocycles. The second-order valence-electron chi connectivity index (χ2n) is 9.62. The van der Waals surface area contributed by atoms with E-state index in [9.17, 15) is 0 Å². The SMILES string of the molecule is C=C(Nc1cncc(-c2cc3c(-c4nc5nccc(-c6cccs6)c5[nH]4)n[nH]c3cn2)c1)C(C)(C)C. The number of allylic oxidation sites excluding steroid dienone is 1. The number of rotatable bonds is 5. The Hall–Kier alpha value is -4.37. The Labute approximate surface area is 211 Å². The average molecular weight is 493 g/mol. The lowest BCUT2D eigenvalue weighted by atomic mass is 9.93. The summed E-state index contributed by atoms with van der Waals surface area (Å²) in [6.45, 7) is 10.5. The third kappa shape index (κ3) is 3.93. The van der Waals surface area contributed by atoms with E-state index < -0.39 is 0 Å². The van der Waals surface area contributed by atoms with Gasteiger partial charge in [-0.3, -0.25) is 15.1 Å². The number of H-pyrrole nitrogens is 2. The van der Waals surface area contributed by atoms with Gasteiger partial charge in [-0.15, -0.1) is 11.3 Å². The number of nitrogens with zero attached hydrogens (tertiary/aromatic N) is 5. The molecule has 0 radical (unpaired) electrons. The zero-order chi connectivity index (χ0) is 24.9. The van der Waals surface area contributed by atoms with Crippen LogP contribution in [-0.2, 0) is 0 Å². The first-order valence-corrected chi connectivity index (χ1v) is 12.4. The quantitative estimate of drug-likeness (QED) is 0.248. The van der Waals surface area contributed by atoms with Crippen LogP contribution in [0.3, 0.4) is 0 Å². The second kappa shape index (κ2) is 8.39. The molecule has 36 heavy (non-hydrogen) atoms. The Bertz CT molecular complexity index is 1720. The number of fused-ring (bicyclic) bond motifs is 2. The number of imidazole rings is 1. The van der Waals surface area contributed by atoms with Crippen molar-refractivity contribution in [3.05, 3.63) is 72.8 Å². The molecule has 0 aromatic carbocycles. The van der Waals surface area contributed by atoms with Crippen LogP contribution in [0.4, 0.5) is 5.69 Å². The van der Waals surface area contributed by atoms with E-state index in [0.29, 0.717) is 17.2 Å². The Morgan fingerprint density at radius 1 is 1.08 bits per heavy atom. The first-order valence-electron chi connectivity index (χ1n) is 11.5. The van der Waals surface area contributed by atoms with Crippen molar-refractivity contribution < 1.29 is 0 Å².